The van der Waals surface area contributed by atoms with E-state index in [0.29, 0.717) is 0 Å². The fraction of sp³-hybridized carbons (Fsp3) is 0.421. The van der Waals surface area contributed by atoms with Crippen LogP contribution in [-0.4, -0.2) is 47.2 Å². The molecule has 5 nitrogen and oxygen atoms in total. The van der Waals surface area contributed by atoms with Crippen molar-refractivity contribution in [2.24, 2.45) is 5.41 Å². The Bertz CT molecular complexity index is 684. The van der Waals surface area contributed by atoms with E-state index in [2.05, 4.69) is 15.1 Å². The number of carbonyl (C=O) groups excluding carboxylic acids is 1. The minimum atomic E-state index is -0.320. The Morgan fingerprint density at radius 3 is 2.12 bits per heavy atom. The van der Waals surface area contributed by atoms with Gasteiger partial charge in [-0.15, -0.1) is 10.2 Å². The molecule has 1 aromatic carbocycles. The highest BCUT2D eigenvalue weighted by Crippen LogP contribution is 2.21. The van der Waals surface area contributed by atoms with Crippen LogP contribution in [0.4, 0.5) is 5.82 Å². The molecular weight excluding hydrogens is 300 g/mol. The molecule has 3 rings (SSSR count). The standard InChI is InChI=1S/C19H24N4O/c1-19(2,3)18(24)23-13-11-22(12-14-23)17-10-9-16(20-21-17)15-7-5-4-6-8-15/h4-10H,11-14H2,1-3H3. The van der Waals surface area contributed by atoms with Crippen LogP contribution in [0.25, 0.3) is 11.3 Å². The van der Waals surface area contributed by atoms with Crippen molar-refractivity contribution in [2.75, 3.05) is 31.1 Å². The SMILES string of the molecule is CC(C)(C)C(=O)N1CCN(c2ccc(-c3ccccc3)nn2)CC1. The Kier molecular flexibility index (Phi) is 4.51. The zero-order valence-corrected chi connectivity index (χ0v) is 14.6. The van der Waals surface area contributed by atoms with E-state index in [1.165, 1.54) is 0 Å². The number of nitrogens with zero attached hydrogens (tertiary/aromatic N) is 4. The molecule has 0 aliphatic carbocycles. The van der Waals surface area contributed by atoms with E-state index in [4.69, 9.17) is 0 Å². The Balaban J connectivity index is 1.64. The highest BCUT2D eigenvalue weighted by Gasteiger charge is 2.29. The minimum absolute atomic E-state index is 0.215. The van der Waals surface area contributed by atoms with Crippen molar-refractivity contribution in [2.45, 2.75) is 20.8 Å². The molecular formula is C19H24N4O. The van der Waals surface area contributed by atoms with Gasteiger partial charge in [0.05, 0.1) is 5.69 Å². The molecule has 0 radical (unpaired) electrons. The van der Waals surface area contributed by atoms with Crippen molar-refractivity contribution in [3.63, 3.8) is 0 Å². The number of carbonyl (C=O) groups is 1. The summed E-state index contributed by atoms with van der Waals surface area (Å²) in [6, 6.07) is 14.1. The molecule has 0 atom stereocenters. The van der Waals surface area contributed by atoms with E-state index in [0.717, 1.165) is 43.3 Å². The van der Waals surface area contributed by atoms with Crippen LogP contribution in [0, 0.1) is 5.41 Å². The third-order valence-corrected chi connectivity index (χ3v) is 4.25. The number of amides is 1. The third-order valence-electron chi connectivity index (χ3n) is 4.25. The zero-order chi connectivity index (χ0) is 17.2. The molecule has 1 fully saturated rings. The molecule has 5 heteroatoms. The first-order valence-corrected chi connectivity index (χ1v) is 8.38. The Morgan fingerprint density at radius 2 is 1.58 bits per heavy atom. The lowest BCUT2D eigenvalue weighted by molar-refractivity contribution is -0.139. The summed E-state index contributed by atoms with van der Waals surface area (Å²) in [4.78, 5) is 16.5. The van der Waals surface area contributed by atoms with E-state index < -0.39 is 0 Å². The summed E-state index contributed by atoms with van der Waals surface area (Å²) in [6.45, 7) is 8.96. The largest absolute Gasteiger partial charge is 0.352 e. The highest BCUT2D eigenvalue weighted by atomic mass is 16.2. The van der Waals surface area contributed by atoms with Gasteiger partial charge in [0, 0.05) is 37.2 Å². The van der Waals surface area contributed by atoms with Crippen molar-refractivity contribution in [3.8, 4) is 11.3 Å². The molecule has 0 spiro atoms. The van der Waals surface area contributed by atoms with Crippen LogP contribution in [0.2, 0.25) is 0 Å². The molecule has 0 unspecified atom stereocenters. The van der Waals surface area contributed by atoms with Crippen molar-refractivity contribution in [1.29, 1.82) is 0 Å². The van der Waals surface area contributed by atoms with E-state index in [-0.39, 0.29) is 11.3 Å². The van der Waals surface area contributed by atoms with Crippen molar-refractivity contribution in [3.05, 3.63) is 42.5 Å². The molecule has 1 aliphatic rings. The predicted molar refractivity (Wildman–Crippen MR) is 95.7 cm³/mol. The lowest BCUT2D eigenvalue weighted by Gasteiger charge is -2.38. The maximum Gasteiger partial charge on any atom is 0.228 e. The van der Waals surface area contributed by atoms with Gasteiger partial charge in [0.15, 0.2) is 5.82 Å². The summed E-state index contributed by atoms with van der Waals surface area (Å²) in [5.74, 6) is 1.09. The molecule has 1 amide bonds. The molecule has 0 bridgehead atoms. The van der Waals surface area contributed by atoms with Crippen LogP contribution in [0.3, 0.4) is 0 Å². The van der Waals surface area contributed by atoms with Gasteiger partial charge in [-0.2, -0.15) is 0 Å². The van der Waals surface area contributed by atoms with Gasteiger partial charge in [0.1, 0.15) is 0 Å². The molecule has 24 heavy (non-hydrogen) atoms. The monoisotopic (exact) mass is 324 g/mol. The smallest absolute Gasteiger partial charge is 0.228 e. The van der Waals surface area contributed by atoms with Gasteiger partial charge in [0.2, 0.25) is 5.91 Å². The average molecular weight is 324 g/mol. The molecule has 2 heterocycles. The molecule has 126 valence electrons. The number of aromatic nitrogens is 2. The molecule has 2 aromatic rings. The van der Waals surface area contributed by atoms with Gasteiger partial charge in [-0.1, -0.05) is 51.1 Å². The number of rotatable bonds is 2. The first-order chi connectivity index (χ1) is 11.4. The van der Waals surface area contributed by atoms with Crippen LogP contribution in [0.1, 0.15) is 20.8 Å². The first-order valence-electron chi connectivity index (χ1n) is 8.38. The summed E-state index contributed by atoms with van der Waals surface area (Å²) in [5.41, 5.74) is 1.62. The van der Waals surface area contributed by atoms with E-state index in [1.54, 1.807) is 0 Å². The van der Waals surface area contributed by atoms with Gasteiger partial charge >= 0.3 is 0 Å². The van der Waals surface area contributed by atoms with Crippen molar-refractivity contribution in [1.82, 2.24) is 15.1 Å². The summed E-state index contributed by atoms with van der Waals surface area (Å²) in [7, 11) is 0. The summed E-state index contributed by atoms with van der Waals surface area (Å²) in [5, 5.41) is 8.72. The first kappa shape index (κ1) is 16.4. The zero-order valence-electron chi connectivity index (χ0n) is 14.6. The second-order valence-electron chi connectivity index (χ2n) is 7.17. The normalized spacial score (nSPS) is 15.5. The molecule has 1 aromatic heterocycles. The number of hydrogen-bond acceptors (Lipinski definition) is 4. The number of hydrogen-bond donors (Lipinski definition) is 0. The second kappa shape index (κ2) is 6.59. The Morgan fingerprint density at radius 1 is 0.917 bits per heavy atom. The Hall–Kier alpha value is -2.43. The average Bonchev–Trinajstić information content (AvgIpc) is 2.61. The summed E-state index contributed by atoms with van der Waals surface area (Å²) < 4.78 is 0. The van der Waals surface area contributed by atoms with Crippen LogP contribution in [0.15, 0.2) is 42.5 Å². The summed E-state index contributed by atoms with van der Waals surface area (Å²) in [6.07, 6.45) is 0. The Labute approximate surface area is 143 Å². The quantitative estimate of drug-likeness (QED) is 0.852. The topological polar surface area (TPSA) is 49.3 Å². The van der Waals surface area contributed by atoms with Gasteiger partial charge in [-0.05, 0) is 12.1 Å². The maximum absolute atomic E-state index is 12.3. The number of piperazine rings is 1. The lowest BCUT2D eigenvalue weighted by Crippen LogP contribution is -2.51. The van der Waals surface area contributed by atoms with Crippen molar-refractivity contribution < 1.29 is 4.79 Å². The number of benzene rings is 1. The van der Waals surface area contributed by atoms with Gasteiger partial charge in [-0.3, -0.25) is 4.79 Å². The van der Waals surface area contributed by atoms with Gasteiger partial charge in [0.25, 0.3) is 0 Å². The summed E-state index contributed by atoms with van der Waals surface area (Å²) >= 11 is 0. The lowest BCUT2D eigenvalue weighted by atomic mass is 9.94. The van der Waals surface area contributed by atoms with E-state index in [1.807, 2.05) is 68.1 Å². The third kappa shape index (κ3) is 3.55. The van der Waals surface area contributed by atoms with Crippen LogP contribution in [0.5, 0.6) is 0 Å². The van der Waals surface area contributed by atoms with Crippen molar-refractivity contribution >= 4 is 11.7 Å². The number of anilines is 1. The van der Waals surface area contributed by atoms with Crippen LogP contribution in [-0.2, 0) is 4.79 Å². The highest BCUT2D eigenvalue weighted by molar-refractivity contribution is 5.81. The van der Waals surface area contributed by atoms with E-state index in [9.17, 15) is 4.79 Å². The predicted octanol–water partition coefficient (Wildman–Crippen LogP) is 2.84. The van der Waals surface area contributed by atoms with Crippen LogP contribution >= 0.6 is 0 Å². The van der Waals surface area contributed by atoms with Gasteiger partial charge < -0.3 is 9.80 Å². The van der Waals surface area contributed by atoms with Crippen LogP contribution < -0.4 is 4.90 Å². The fourth-order valence-corrected chi connectivity index (χ4v) is 2.87. The molecule has 1 aliphatic heterocycles. The molecule has 1 saturated heterocycles. The second-order valence-corrected chi connectivity index (χ2v) is 7.17. The molecule has 0 saturated carbocycles. The molecule has 0 N–H and O–H groups in total. The fourth-order valence-electron chi connectivity index (χ4n) is 2.87. The van der Waals surface area contributed by atoms with E-state index >= 15 is 0 Å². The van der Waals surface area contributed by atoms with Gasteiger partial charge in [-0.25, -0.2) is 0 Å². The maximum atomic E-state index is 12.3. The minimum Gasteiger partial charge on any atom is -0.352 e.